The summed E-state index contributed by atoms with van der Waals surface area (Å²) in [6, 6.07) is 39.8. The molecule has 3 heteroatoms. The molecular weight excluding hydrogens is 440 g/mol. The number of phenolic OH excluding ortho intramolecular Hbond substituents is 1. The predicted octanol–water partition coefficient (Wildman–Crippen LogP) is 8.50. The average molecular weight is 461 g/mol. The number of rotatable bonds is 1. The third kappa shape index (κ3) is 2.54. The van der Waals surface area contributed by atoms with Crippen molar-refractivity contribution >= 4 is 65.0 Å². The Labute approximate surface area is 206 Å². The monoisotopic (exact) mass is 460 g/mol. The Hall–Kier alpha value is -4.89. The lowest BCUT2D eigenvalue weighted by atomic mass is 9.95. The van der Waals surface area contributed by atoms with E-state index in [1.165, 1.54) is 32.3 Å². The Bertz CT molecular complexity index is 2170. The zero-order valence-electron chi connectivity index (χ0n) is 19.3. The van der Waals surface area contributed by atoms with E-state index in [-0.39, 0.29) is 5.75 Å². The van der Waals surface area contributed by atoms with Crippen molar-refractivity contribution in [2.45, 2.75) is 0 Å². The van der Waals surface area contributed by atoms with Crippen LogP contribution in [0.3, 0.4) is 0 Å². The molecule has 0 bridgehead atoms. The summed E-state index contributed by atoms with van der Waals surface area (Å²) in [5.74, 6) is 1.11. The van der Waals surface area contributed by atoms with E-state index >= 15 is 0 Å². The van der Waals surface area contributed by atoms with E-state index in [4.69, 9.17) is 4.98 Å². The van der Waals surface area contributed by atoms with Crippen LogP contribution in [0.25, 0.3) is 70.8 Å². The fourth-order valence-electron chi connectivity index (χ4n) is 5.88. The van der Waals surface area contributed by atoms with Gasteiger partial charge in [0.15, 0.2) is 0 Å². The number of hydrogen-bond donors (Lipinski definition) is 1. The predicted molar refractivity (Wildman–Crippen MR) is 150 cm³/mol. The maximum atomic E-state index is 10.4. The highest BCUT2D eigenvalue weighted by Gasteiger charge is 2.19. The first-order chi connectivity index (χ1) is 17.8. The smallest absolute Gasteiger partial charge is 0.146 e. The van der Waals surface area contributed by atoms with Gasteiger partial charge in [0, 0.05) is 33.0 Å². The summed E-state index contributed by atoms with van der Waals surface area (Å²) in [5, 5.41) is 21.0. The van der Waals surface area contributed by atoms with Gasteiger partial charge in [-0.25, -0.2) is 4.98 Å². The summed E-state index contributed by atoms with van der Waals surface area (Å²) in [6.07, 6.45) is 0. The van der Waals surface area contributed by atoms with Crippen LogP contribution in [0, 0.1) is 0 Å². The average Bonchev–Trinajstić information content (AvgIpc) is 3.25. The lowest BCUT2D eigenvalue weighted by Crippen LogP contribution is -2.00. The molecule has 0 aliphatic carbocycles. The molecule has 0 radical (unpaired) electrons. The minimum Gasteiger partial charge on any atom is -0.508 e. The van der Waals surface area contributed by atoms with Crippen LogP contribution < -0.4 is 0 Å². The van der Waals surface area contributed by atoms with E-state index in [1.54, 1.807) is 6.07 Å². The third-order valence-corrected chi connectivity index (χ3v) is 7.42. The summed E-state index contributed by atoms with van der Waals surface area (Å²) in [4.78, 5) is 5.31. The first-order valence-corrected chi connectivity index (χ1v) is 12.1. The van der Waals surface area contributed by atoms with E-state index in [0.29, 0.717) is 0 Å². The highest BCUT2D eigenvalue weighted by atomic mass is 16.3. The number of phenols is 1. The summed E-state index contributed by atoms with van der Waals surface area (Å²) in [5.41, 5.74) is 2.97. The SMILES string of the molecule is Oc1ccc2c3ccccc3n(-c3nc4ccc5ccccc5c4c4c3ccc3ccccc34)c2c1. The van der Waals surface area contributed by atoms with Gasteiger partial charge in [-0.2, -0.15) is 0 Å². The Morgan fingerprint density at radius 1 is 0.500 bits per heavy atom. The van der Waals surface area contributed by atoms with Gasteiger partial charge in [0.1, 0.15) is 11.6 Å². The normalized spacial score (nSPS) is 12.0. The minimum absolute atomic E-state index is 0.244. The molecule has 0 unspecified atom stereocenters. The van der Waals surface area contributed by atoms with Gasteiger partial charge in [0.2, 0.25) is 0 Å². The van der Waals surface area contributed by atoms with Crippen molar-refractivity contribution in [3.8, 4) is 11.6 Å². The first-order valence-electron chi connectivity index (χ1n) is 12.1. The van der Waals surface area contributed by atoms with Crippen LogP contribution in [-0.4, -0.2) is 14.7 Å². The number of hydrogen-bond acceptors (Lipinski definition) is 2. The summed E-state index contributed by atoms with van der Waals surface area (Å²) in [7, 11) is 0. The number of aromatic nitrogens is 2. The molecule has 2 heterocycles. The van der Waals surface area contributed by atoms with Crippen LogP contribution in [0.1, 0.15) is 0 Å². The molecule has 0 amide bonds. The molecule has 36 heavy (non-hydrogen) atoms. The van der Waals surface area contributed by atoms with Crippen molar-refractivity contribution in [2.24, 2.45) is 0 Å². The Morgan fingerprint density at radius 2 is 1.11 bits per heavy atom. The van der Waals surface area contributed by atoms with E-state index < -0.39 is 0 Å². The molecule has 0 atom stereocenters. The van der Waals surface area contributed by atoms with Crippen LogP contribution in [0.4, 0.5) is 0 Å². The lowest BCUT2D eigenvalue weighted by molar-refractivity contribution is 0.476. The molecule has 1 N–H and O–H groups in total. The lowest BCUT2D eigenvalue weighted by Gasteiger charge is -2.16. The molecule has 6 aromatic carbocycles. The van der Waals surface area contributed by atoms with Gasteiger partial charge in [-0.05, 0) is 51.9 Å². The van der Waals surface area contributed by atoms with Crippen LogP contribution in [-0.2, 0) is 0 Å². The van der Waals surface area contributed by atoms with Crippen LogP contribution >= 0.6 is 0 Å². The second-order valence-corrected chi connectivity index (χ2v) is 9.38. The van der Waals surface area contributed by atoms with Gasteiger partial charge >= 0.3 is 0 Å². The van der Waals surface area contributed by atoms with E-state index in [1.807, 2.05) is 12.1 Å². The minimum atomic E-state index is 0.244. The van der Waals surface area contributed by atoms with Crippen LogP contribution in [0.15, 0.2) is 115 Å². The van der Waals surface area contributed by atoms with Crippen molar-refractivity contribution in [2.75, 3.05) is 0 Å². The fourth-order valence-corrected chi connectivity index (χ4v) is 5.88. The molecule has 0 aliphatic heterocycles. The van der Waals surface area contributed by atoms with Gasteiger partial charge in [-0.15, -0.1) is 0 Å². The number of aromatic hydroxyl groups is 1. The molecular formula is C33H20N2O. The van der Waals surface area contributed by atoms with Crippen molar-refractivity contribution in [3.63, 3.8) is 0 Å². The second-order valence-electron chi connectivity index (χ2n) is 9.38. The number of para-hydroxylation sites is 1. The molecule has 0 saturated carbocycles. The zero-order chi connectivity index (χ0) is 23.8. The Kier molecular flexibility index (Phi) is 3.81. The molecule has 8 rings (SSSR count). The highest BCUT2D eigenvalue weighted by molar-refractivity contribution is 6.28. The summed E-state index contributed by atoms with van der Waals surface area (Å²) in [6.45, 7) is 0. The van der Waals surface area contributed by atoms with E-state index in [9.17, 15) is 5.11 Å². The topological polar surface area (TPSA) is 38.0 Å². The Balaban J connectivity index is 1.67. The van der Waals surface area contributed by atoms with Gasteiger partial charge < -0.3 is 5.11 Å². The van der Waals surface area contributed by atoms with Crippen LogP contribution in [0.2, 0.25) is 0 Å². The molecule has 0 spiro atoms. The zero-order valence-corrected chi connectivity index (χ0v) is 19.3. The number of benzene rings is 6. The van der Waals surface area contributed by atoms with Crippen LogP contribution in [0.5, 0.6) is 5.75 Å². The maximum absolute atomic E-state index is 10.4. The van der Waals surface area contributed by atoms with Crippen molar-refractivity contribution in [3.05, 3.63) is 115 Å². The maximum Gasteiger partial charge on any atom is 0.146 e. The summed E-state index contributed by atoms with van der Waals surface area (Å²) >= 11 is 0. The summed E-state index contributed by atoms with van der Waals surface area (Å²) < 4.78 is 2.20. The number of fused-ring (bicyclic) bond motifs is 10. The molecule has 0 saturated heterocycles. The number of nitrogens with zero attached hydrogens (tertiary/aromatic N) is 2. The quantitative estimate of drug-likeness (QED) is 0.249. The van der Waals surface area contributed by atoms with Gasteiger partial charge in [0.05, 0.1) is 16.6 Å². The fraction of sp³-hybridized carbons (Fsp3) is 0. The van der Waals surface area contributed by atoms with Crippen molar-refractivity contribution in [1.29, 1.82) is 0 Å². The highest BCUT2D eigenvalue weighted by Crippen LogP contribution is 2.41. The van der Waals surface area contributed by atoms with E-state index in [0.717, 1.165) is 38.5 Å². The van der Waals surface area contributed by atoms with Crippen molar-refractivity contribution in [1.82, 2.24) is 9.55 Å². The Morgan fingerprint density at radius 3 is 1.92 bits per heavy atom. The molecule has 168 valence electrons. The third-order valence-electron chi connectivity index (χ3n) is 7.42. The van der Waals surface area contributed by atoms with Crippen molar-refractivity contribution < 1.29 is 5.11 Å². The van der Waals surface area contributed by atoms with Gasteiger partial charge in [-0.3, -0.25) is 4.57 Å². The molecule has 3 nitrogen and oxygen atoms in total. The van der Waals surface area contributed by atoms with Gasteiger partial charge in [-0.1, -0.05) is 78.9 Å². The van der Waals surface area contributed by atoms with Gasteiger partial charge in [0.25, 0.3) is 0 Å². The number of pyridine rings is 1. The molecule has 0 fully saturated rings. The first kappa shape index (κ1) is 19.4. The largest absolute Gasteiger partial charge is 0.508 e. The molecule has 2 aromatic heterocycles. The van der Waals surface area contributed by atoms with E-state index in [2.05, 4.69) is 102 Å². The molecule has 8 aromatic rings. The molecule has 0 aliphatic rings. The standard InChI is InChI=1S/C33H20N2O/c36-22-15-17-26-25-11-5-6-12-29(25)35(30(26)19-22)33-27-16-13-20-7-1-3-9-23(20)31(27)32-24-10-4-2-8-21(24)14-18-28(32)34-33/h1-19,36H. The second kappa shape index (κ2) is 7.06.